The predicted molar refractivity (Wildman–Crippen MR) is 84.3 cm³/mol. The topological polar surface area (TPSA) is 0 Å². The molecule has 0 aliphatic heterocycles. The van der Waals surface area contributed by atoms with Crippen molar-refractivity contribution in [1.82, 2.24) is 0 Å². The quantitative estimate of drug-likeness (QED) is 0.319. The van der Waals surface area contributed by atoms with E-state index in [1.165, 1.54) is 36.6 Å². The van der Waals surface area contributed by atoms with E-state index in [1.54, 1.807) is 0 Å². The molecule has 4 aromatic carbocycles. The van der Waals surface area contributed by atoms with E-state index in [0.29, 0.717) is 0 Å². The van der Waals surface area contributed by atoms with Gasteiger partial charge in [0.2, 0.25) is 0 Å². The van der Waals surface area contributed by atoms with Gasteiger partial charge in [0.15, 0.2) is 0 Å². The molecule has 0 amide bonds. The van der Waals surface area contributed by atoms with Crippen molar-refractivity contribution in [2.24, 2.45) is 0 Å². The van der Waals surface area contributed by atoms with Crippen LogP contribution in [0.4, 0.5) is 0 Å². The fourth-order valence-electron chi connectivity index (χ4n) is 3.05. The van der Waals surface area contributed by atoms with E-state index in [2.05, 4.69) is 84.4 Å². The number of hydrogen-bond acceptors (Lipinski definition) is 0. The van der Waals surface area contributed by atoms with Crippen LogP contribution in [0.25, 0.3) is 32.3 Å². The third kappa shape index (κ3) is 1.61. The first-order valence-electron chi connectivity index (χ1n) is 6.64. The van der Waals surface area contributed by atoms with Gasteiger partial charge in [0.25, 0.3) is 0 Å². The first kappa shape index (κ1) is 11.1. The van der Waals surface area contributed by atoms with E-state index >= 15 is 0 Å². The first-order valence-corrected chi connectivity index (χ1v) is 6.64. The zero-order valence-corrected chi connectivity index (χ0v) is 10.9. The second-order valence-electron chi connectivity index (χ2n) is 5.12. The van der Waals surface area contributed by atoms with Crippen LogP contribution >= 0.6 is 0 Å². The van der Waals surface area contributed by atoms with Crippen molar-refractivity contribution in [3.63, 3.8) is 0 Å². The molecule has 0 aliphatic rings. The number of fused-ring (bicyclic) bond motifs is 5. The summed E-state index contributed by atoms with van der Waals surface area (Å²) in [6.07, 6.45) is 0. The molecule has 4 aromatic rings. The van der Waals surface area contributed by atoms with Gasteiger partial charge in [-0.3, -0.25) is 0 Å². The van der Waals surface area contributed by atoms with Crippen molar-refractivity contribution >= 4 is 54.3 Å². The van der Waals surface area contributed by atoms with Crippen LogP contribution in [-0.2, 0) is 0 Å². The summed E-state index contributed by atoms with van der Waals surface area (Å²) in [6.45, 7) is 0. The summed E-state index contributed by atoms with van der Waals surface area (Å²) < 4.78 is 1.35. The molecular formula is C18H11Li. The van der Waals surface area contributed by atoms with Crippen molar-refractivity contribution < 1.29 is 0 Å². The summed E-state index contributed by atoms with van der Waals surface area (Å²) in [5.41, 5.74) is 0. The van der Waals surface area contributed by atoms with Crippen LogP contribution in [0.2, 0.25) is 0 Å². The Kier molecular flexibility index (Phi) is 2.42. The Labute approximate surface area is 121 Å². The van der Waals surface area contributed by atoms with Gasteiger partial charge in [0.05, 0.1) is 0 Å². The molecule has 0 heterocycles. The van der Waals surface area contributed by atoms with Crippen molar-refractivity contribution in [2.75, 3.05) is 0 Å². The summed E-state index contributed by atoms with van der Waals surface area (Å²) in [5.74, 6) is 0. The molecule has 0 N–H and O–H groups in total. The molecule has 0 unspecified atom stereocenters. The molecule has 0 aliphatic carbocycles. The van der Waals surface area contributed by atoms with Gasteiger partial charge >= 0.3 is 121 Å². The number of benzene rings is 4. The Balaban J connectivity index is 2.40. The van der Waals surface area contributed by atoms with Gasteiger partial charge in [-0.05, 0) is 0 Å². The van der Waals surface area contributed by atoms with Crippen molar-refractivity contribution in [1.29, 1.82) is 0 Å². The average Bonchev–Trinajstić information content (AvgIpc) is 2.47. The van der Waals surface area contributed by atoms with Crippen molar-refractivity contribution in [3.05, 3.63) is 66.7 Å². The SMILES string of the molecule is [Li][c]1cc2ccccc2c2c1ccc1ccccc12. The van der Waals surface area contributed by atoms with Gasteiger partial charge in [-0.2, -0.15) is 0 Å². The van der Waals surface area contributed by atoms with Crippen LogP contribution in [0.5, 0.6) is 0 Å². The second-order valence-corrected chi connectivity index (χ2v) is 5.12. The second kappa shape index (κ2) is 4.13. The first-order chi connectivity index (χ1) is 9.34. The third-order valence-electron chi connectivity index (χ3n) is 3.96. The molecule has 0 atom stereocenters. The molecule has 0 radical (unpaired) electrons. The van der Waals surface area contributed by atoms with E-state index in [-0.39, 0.29) is 0 Å². The zero-order chi connectivity index (χ0) is 12.8. The van der Waals surface area contributed by atoms with Crippen LogP contribution in [0.3, 0.4) is 0 Å². The van der Waals surface area contributed by atoms with Gasteiger partial charge < -0.3 is 0 Å². The molecular weight excluding hydrogens is 223 g/mol. The molecule has 84 valence electrons. The molecule has 0 saturated heterocycles. The normalized spacial score (nSPS) is 11.5. The average molecular weight is 234 g/mol. The minimum atomic E-state index is 1.31. The molecule has 0 nitrogen and oxygen atoms in total. The monoisotopic (exact) mass is 234 g/mol. The molecule has 0 saturated carbocycles. The fourth-order valence-corrected chi connectivity index (χ4v) is 3.05. The predicted octanol–water partition coefficient (Wildman–Crippen LogP) is 3.94. The Morgan fingerprint density at radius 3 is 2.00 bits per heavy atom. The van der Waals surface area contributed by atoms with E-state index in [9.17, 15) is 0 Å². The molecule has 0 fully saturated rings. The minimum absolute atomic E-state index is 1.31. The van der Waals surface area contributed by atoms with Crippen LogP contribution in [-0.4, -0.2) is 17.7 Å². The summed E-state index contributed by atoms with van der Waals surface area (Å²) in [6, 6.07) is 24.1. The Hall–Kier alpha value is -1.74. The van der Waals surface area contributed by atoms with Gasteiger partial charge in [0.1, 0.15) is 0 Å². The Morgan fingerprint density at radius 1 is 0.579 bits per heavy atom. The maximum absolute atomic E-state index is 2.28. The van der Waals surface area contributed by atoms with Gasteiger partial charge in [0, 0.05) is 0 Å². The van der Waals surface area contributed by atoms with Gasteiger partial charge in [-0.15, -0.1) is 0 Å². The Morgan fingerprint density at radius 2 is 1.21 bits per heavy atom. The Bertz CT molecular complexity index is 907. The zero-order valence-electron chi connectivity index (χ0n) is 10.9. The van der Waals surface area contributed by atoms with Crippen LogP contribution in [0, 0.1) is 0 Å². The molecule has 0 aromatic heterocycles. The summed E-state index contributed by atoms with van der Waals surface area (Å²) in [5, 5.41) is 8.07. The molecule has 0 spiro atoms. The van der Waals surface area contributed by atoms with Crippen LogP contribution in [0.1, 0.15) is 0 Å². The summed E-state index contributed by atoms with van der Waals surface area (Å²) in [7, 11) is 0. The standard InChI is InChI=1S/C18H11.Li/c1-3-7-16-13(5-1)9-11-15-12-10-14-6-2-4-8-17(14)18(15)16;/h1-11H;. The van der Waals surface area contributed by atoms with Crippen LogP contribution in [0.15, 0.2) is 66.7 Å². The number of hydrogen-bond donors (Lipinski definition) is 0. The molecule has 19 heavy (non-hydrogen) atoms. The molecule has 4 rings (SSSR count). The molecule has 1 heteroatoms. The summed E-state index contributed by atoms with van der Waals surface area (Å²) >= 11 is 2.20. The summed E-state index contributed by atoms with van der Waals surface area (Å²) in [4.78, 5) is 0. The number of rotatable bonds is 0. The van der Waals surface area contributed by atoms with Gasteiger partial charge in [-0.1, -0.05) is 0 Å². The van der Waals surface area contributed by atoms with E-state index < -0.39 is 0 Å². The van der Waals surface area contributed by atoms with E-state index in [0.717, 1.165) is 0 Å². The van der Waals surface area contributed by atoms with E-state index in [1.807, 2.05) is 0 Å². The van der Waals surface area contributed by atoms with Gasteiger partial charge in [-0.25, -0.2) is 0 Å². The molecule has 0 bridgehead atoms. The van der Waals surface area contributed by atoms with Crippen molar-refractivity contribution in [3.8, 4) is 0 Å². The van der Waals surface area contributed by atoms with E-state index in [4.69, 9.17) is 0 Å². The third-order valence-corrected chi connectivity index (χ3v) is 3.96. The fraction of sp³-hybridized carbons (Fsp3) is 0. The van der Waals surface area contributed by atoms with Crippen LogP contribution < -0.4 is 4.24 Å². The maximum atomic E-state index is 2.28. The van der Waals surface area contributed by atoms with Crippen molar-refractivity contribution in [2.45, 2.75) is 0 Å².